The minimum absolute atomic E-state index is 0.00514. The van der Waals surface area contributed by atoms with Crippen molar-refractivity contribution in [3.63, 3.8) is 0 Å². The lowest BCUT2D eigenvalue weighted by Crippen LogP contribution is -2.36. The van der Waals surface area contributed by atoms with E-state index in [4.69, 9.17) is 0 Å². The highest BCUT2D eigenvalue weighted by Crippen LogP contribution is 2.14. The molecular formula is C14H15N3O. The van der Waals surface area contributed by atoms with Gasteiger partial charge in [-0.05, 0) is 36.6 Å². The normalized spacial score (nSPS) is 19.0. The maximum Gasteiger partial charge on any atom is 0.251 e. The molecule has 1 aromatic carbocycles. The van der Waals surface area contributed by atoms with Crippen LogP contribution in [-0.4, -0.2) is 30.0 Å². The van der Waals surface area contributed by atoms with Crippen molar-refractivity contribution in [2.75, 3.05) is 13.1 Å². The molecule has 18 heavy (non-hydrogen) atoms. The third-order valence-corrected chi connectivity index (χ3v) is 3.30. The van der Waals surface area contributed by atoms with E-state index >= 15 is 0 Å². The van der Waals surface area contributed by atoms with Crippen molar-refractivity contribution in [2.24, 2.45) is 0 Å². The number of amides is 1. The van der Waals surface area contributed by atoms with Crippen LogP contribution in [-0.2, 0) is 0 Å². The lowest BCUT2D eigenvalue weighted by Gasteiger charge is -2.11. The number of benzene rings is 1. The van der Waals surface area contributed by atoms with Crippen molar-refractivity contribution < 1.29 is 4.79 Å². The second kappa shape index (κ2) is 4.74. The Balaban J connectivity index is 1.82. The molecule has 0 bridgehead atoms. The summed E-state index contributed by atoms with van der Waals surface area (Å²) >= 11 is 0. The van der Waals surface area contributed by atoms with E-state index in [2.05, 4.69) is 15.6 Å². The van der Waals surface area contributed by atoms with Gasteiger partial charge in [-0.3, -0.25) is 9.78 Å². The first-order valence-electron chi connectivity index (χ1n) is 6.18. The van der Waals surface area contributed by atoms with E-state index in [1.165, 1.54) is 0 Å². The van der Waals surface area contributed by atoms with Crippen LogP contribution in [0.5, 0.6) is 0 Å². The fourth-order valence-electron chi connectivity index (χ4n) is 2.27. The lowest BCUT2D eigenvalue weighted by atomic mass is 10.1. The number of rotatable bonds is 2. The quantitative estimate of drug-likeness (QED) is 0.834. The van der Waals surface area contributed by atoms with Gasteiger partial charge in [0.1, 0.15) is 0 Å². The molecule has 0 radical (unpaired) electrons. The highest BCUT2D eigenvalue weighted by molar-refractivity contribution is 5.98. The Hall–Kier alpha value is -1.94. The topological polar surface area (TPSA) is 54.0 Å². The van der Waals surface area contributed by atoms with E-state index in [0.717, 1.165) is 30.3 Å². The number of fused-ring (bicyclic) bond motifs is 1. The Bertz CT molecular complexity index is 576. The molecule has 4 heteroatoms. The zero-order valence-corrected chi connectivity index (χ0v) is 10.0. The number of hydrogen-bond acceptors (Lipinski definition) is 3. The van der Waals surface area contributed by atoms with Crippen LogP contribution in [0, 0.1) is 0 Å². The Morgan fingerprint density at radius 1 is 1.33 bits per heavy atom. The van der Waals surface area contributed by atoms with Crippen LogP contribution < -0.4 is 10.6 Å². The molecule has 4 nitrogen and oxygen atoms in total. The van der Waals surface area contributed by atoms with Gasteiger partial charge in [-0.15, -0.1) is 0 Å². The number of nitrogens with zero attached hydrogens (tertiary/aromatic N) is 1. The van der Waals surface area contributed by atoms with Crippen molar-refractivity contribution in [2.45, 2.75) is 12.5 Å². The van der Waals surface area contributed by atoms with E-state index in [1.54, 1.807) is 12.4 Å². The van der Waals surface area contributed by atoms with Crippen LogP contribution in [0.15, 0.2) is 36.7 Å². The van der Waals surface area contributed by atoms with Crippen LogP contribution in [0.25, 0.3) is 10.8 Å². The summed E-state index contributed by atoms with van der Waals surface area (Å²) in [5.74, 6) is -0.00514. The highest BCUT2D eigenvalue weighted by Gasteiger charge is 2.17. The molecule has 1 atom stereocenters. The second-order valence-electron chi connectivity index (χ2n) is 4.60. The Kier molecular flexibility index (Phi) is 2.94. The number of pyridine rings is 1. The average molecular weight is 241 g/mol. The van der Waals surface area contributed by atoms with Crippen LogP contribution in [0.1, 0.15) is 16.8 Å². The number of carbonyl (C=O) groups excluding carboxylic acids is 1. The van der Waals surface area contributed by atoms with E-state index in [9.17, 15) is 4.79 Å². The molecule has 2 aromatic rings. The number of aromatic nitrogens is 1. The van der Waals surface area contributed by atoms with Gasteiger partial charge in [0, 0.05) is 35.9 Å². The molecule has 1 aromatic heterocycles. The largest absolute Gasteiger partial charge is 0.348 e. The third kappa shape index (κ3) is 2.19. The predicted octanol–water partition coefficient (Wildman–Crippen LogP) is 1.33. The fourth-order valence-corrected chi connectivity index (χ4v) is 2.27. The zero-order valence-electron chi connectivity index (χ0n) is 10.0. The van der Waals surface area contributed by atoms with Crippen molar-refractivity contribution in [3.05, 3.63) is 42.2 Å². The summed E-state index contributed by atoms with van der Waals surface area (Å²) in [6.45, 7) is 1.84. The van der Waals surface area contributed by atoms with E-state index < -0.39 is 0 Å². The highest BCUT2D eigenvalue weighted by atomic mass is 16.1. The molecule has 2 heterocycles. The number of carbonyl (C=O) groups is 1. The molecular weight excluding hydrogens is 226 g/mol. The summed E-state index contributed by atoms with van der Waals surface area (Å²) in [6, 6.07) is 7.90. The minimum Gasteiger partial charge on any atom is -0.348 e. The summed E-state index contributed by atoms with van der Waals surface area (Å²) in [5, 5.41) is 8.37. The van der Waals surface area contributed by atoms with Crippen molar-refractivity contribution in [1.29, 1.82) is 0 Å². The first-order valence-corrected chi connectivity index (χ1v) is 6.18. The van der Waals surface area contributed by atoms with Gasteiger partial charge >= 0.3 is 0 Å². The Morgan fingerprint density at radius 2 is 2.28 bits per heavy atom. The molecule has 1 amide bonds. The summed E-state index contributed by atoms with van der Waals surface area (Å²) in [6.07, 6.45) is 4.54. The minimum atomic E-state index is -0.00514. The molecule has 1 fully saturated rings. The monoisotopic (exact) mass is 241 g/mol. The predicted molar refractivity (Wildman–Crippen MR) is 70.5 cm³/mol. The summed E-state index contributed by atoms with van der Waals surface area (Å²) in [5.41, 5.74) is 0.697. The van der Waals surface area contributed by atoms with Gasteiger partial charge in [0.25, 0.3) is 5.91 Å². The van der Waals surface area contributed by atoms with Gasteiger partial charge in [0.15, 0.2) is 0 Å². The standard InChI is InChI=1S/C14H15N3O/c18-14(17-13-4-6-16-9-13)11-2-1-10-3-5-15-8-12(10)7-11/h1-3,5,7-8,13,16H,4,6,9H2,(H,17,18). The van der Waals surface area contributed by atoms with Gasteiger partial charge in [0.05, 0.1) is 0 Å². The fraction of sp³-hybridized carbons (Fsp3) is 0.286. The maximum atomic E-state index is 12.1. The molecule has 1 aliphatic heterocycles. The van der Waals surface area contributed by atoms with Gasteiger partial charge < -0.3 is 10.6 Å². The molecule has 3 rings (SSSR count). The smallest absolute Gasteiger partial charge is 0.251 e. The first-order chi connectivity index (χ1) is 8.83. The molecule has 0 saturated carbocycles. The third-order valence-electron chi connectivity index (χ3n) is 3.30. The SMILES string of the molecule is O=C(NC1CCNC1)c1ccc2ccncc2c1. The van der Waals surface area contributed by atoms with Crippen LogP contribution >= 0.6 is 0 Å². The van der Waals surface area contributed by atoms with Crippen LogP contribution in [0.2, 0.25) is 0 Å². The van der Waals surface area contributed by atoms with Crippen molar-refractivity contribution in [1.82, 2.24) is 15.6 Å². The summed E-state index contributed by atoms with van der Waals surface area (Å²) < 4.78 is 0. The second-order valence-corrected chi connectivity index (χ2v) is 4.60. The van der Waals surface area contributed by atoms with Crippen LogP contribution in [0.4, 0.5) is 0 Å². The molecule has 1 saturated heterocycles. The lowest BCUT2D eigenvalue weighted by molar-refractivity contribution is 0.0940. The molecule has 2 N–H and O–H groups in total. The van der Waals surface area contributed by atoms with Gasteiger partial charge in [-0.25, -0.2) is 0 Å². The molecule has 0 spiro atoms. The van der Waals surface area contributed by atoms with Crippen molar-refractivity contribution in [3.8, 4) is 0 Å². The average Bonchev–Trinajstić information content (AvgIpc) is 2.91. The molecule has 0 aliphatic carbocycles. The maximum absolute atomic E-state index is 12.1. The summed E-state index contributed by atoms with van der Waals surface area (Å²) in [7, 11) is 0. The number of hydrogen-bond donors (Lipinski definition) is 2. The Labute approximate surface area is 105 Å². The first kappa shape index (κ1) is 11.2. The van der Waals surface area contributed by atoms with Gasteiger partial charge in [-0.2, -0.15) is 0 Å². The van der Waals surface area contributed by atoms with E-state index in [0.29, 0.717) is 5.56 Å². The van der Waals surface area contributed by atoms with Crippen molar-refractivity contribution >= 4 is 16.7 Å². The number of nitrogens with one attached hydrogen (secondary N) is 2. The molecule has 92 valence electrons. The van der Waals surface area contributed by atoms with Gasteiger partial charge in [-0.1, -0.05) is 6.07 Å². The van der Waals surface area contributed by atoms with E-state index in [-0.39, 0.29) is 11.9 Å². The Morgan fingerprint density at radius 3 is 3.11 bits per heavy atom. The van der Waals surface area contributed by atoms with E-state index in [1.807, 2.05) is 24.3 Å². The van der Waals surface area contributed by atoms with Gasteiger partial charge in [0.2, 0.25) is 0 Å². The zero-order chi connectivity index (χ0) is 12.4. The molecule has 1 unspecified atom stereocenters. The molecule has 1 aliphatic rings. The van der Waals surface area contributed by atoms with Crippen LogP contribution in [0.3, 0.4) is 0 Å². The summed E-state index contributed by atoms with van der Waals surface area (Å²) in [4.78, 5) is 16.2.